The summed E-state index contributed by atoms with van der Waals surface area (Å²) in [7, 11) is 0. The van der Waals surface area contributed by atoms with E-state index in [0.717, 1.165) is 30.6 Å². The molecule has 4 aliphatic carbocycles. The Morgan fingerprint density at radius 1 is 1.25 bits per heavy atom. The van der Waals surface area contributed by atoms with Crippen LogP contribution in [0.3, 0.4) is 0 Å². The topological polar surface area (TPSA) is 63.3 Å². The van der Waals surface area contributed by atoms with Crippen LogP contribution in [0.25, 0.3) is 0 Å². The zero-order valence-electron chi connectivity index (χ0n) is 11.7. The third-order valence-electron chi connectivity index (χ3n) is 5.81. The Morgan fingerprint density at radius 3 is 2.35 bits per heavy atom. The van der Waals surface area contributed by atoms with Crippen molar-refractivity contribution in [3.05, 3.63) is 17.8 Å². The van der Waals surface area contributed by atoms with Gasteiger partial charge in [-0.05, 0) is 68.1 Å². The normalized spacial score (nSPS) is 38.3. The van der Waals surface area contributed by atoms with Crippen molar-refractivity contribution in [2.75, 3.05) is 0 Å². The first-order valence-electron chi connectivity index (χ1n) is 7.80. The van der Waals surface area contributed by atoms with Crippen LogP contribution >= 0.6 is 0 Å². The minimum atomic E-state index is -1.00. The van der Waals surface area contributed by atoms with Gasteiger partial charge in [-0.1, -0.05) is 0 Å². The summed E-state index contributed by atoms with van der Waals surface area (Å²) in [6.45, 7) is 0. The van der Waals surface area contributed by atoms with Crippen LogP contribution in [-0.4, -0.2) is 16.1 Å². The predicted octanol–water partition coefficient (Wildman–Crippen LogP) is 3.52. The summed E-state index contributed by atoms with van der Waals surface area (Å²) in [6.07, 6.45) is 11.7. The van der Waals surface area contributed by atoms with Crippen LogP contribution in [-0.2, 0) is 6.42 Å². The standard InChI is InChI=1S/C16H21NO3/c18-15(19)13-9-20-14(17-13)1-2-16-6-10-3-11(7-16)5-12(4-10)8-16/h9-12H,1-8H2,(H,18,19). The van der Waals surface area contributed by atoms with Gasteiger partial charge in [-0.25, -0.2) is 9.78 Å². The van der Waals surface area contributed by atoms with E-state index in [1.54, 1.807) is 0 Å². The lowest BCUT2D eigenvalue weighted by atomic mass is 9.48. The van der Waals surface area contributed by atoms with Gasteiger partial charge in [0.15, 0.2) is 11.6 Å². The highest BCUT2D eigenvalue weighted by atomic mass is 16.4. The Bertz CT molecular complexity index is 498. The van der Waals surface area contributed by atoms with E-state index >= 15 is 0 Å². The molecule has 0 unspecified atom stereocenters. The Morgan fingerprint density at radius 2 is 1.85 bits per heavy atom. The number of carbonyl (C=O) groups is 1. The van der Waals surface area contributed by atoms with E-state index in [-0.39, 0.29) is 5.69 Å². The third kappa shape index (κ3) is 2.05. The molecule has 0 aromatic carbocycles. The van der Waals surface area contributed by atoms with Crippen molar-refractivity contribution in [1.82, 2.24) is 4.98 Å². The second kappa shape index (κ2) is 4.34. The molecule has 0 saturated heterocycles. The molecule has 4 saturated carbocycles. The van der Waals surface area contributed by atoms with Crippen molar-refractivity contribution < 1.29 is 14.3 Å². The molecule has 5 rings (SSSR count). The molecule has 1 N–H and O–H groups in total. The Labute approximate surface area is 118 Å². The molecule has 4 heteroatoms. The molecule has 4 bridgehead atoms. The number of aromatic carboxylic acids is 1. The van der Waals surface area contributed by atoms with E-state index in [0.29, 0.717) is 11.3 Å². The molecular weight excluding hydrogens is 254 g/mol. The van der Waals surface area contributed by atoms with Gasteiger partial charge in [-0.2, -0.15) is 0 Å². The van der Waals surface area contributed by atoms with Gasteiger partial charge in [0.05, 0.1) is 0 Å². The highest BCUT2D eigenvalue weighted by Crippen LogP contribution is 2.61. The van der Waals surface area contributed by atoms with Gasteiger partial charge in [0.1, 0.15) is 6.26 Å². The van der Waals surface area contributed by atoms with Crippen LogP contribution in [0.5, 0.6) is 0 Å². The second-order valence-electron chi connectivity index (χ2n) is 7.35. The van der Waals surface area contributed by atoms with Crippen LogP contribution in [0.2, 0.25) is 0 Å². The molecule has 4 aliphatic rings. The van der Waals surface area contributed by atoms with E-state index in [4.69, 9.17) is 9.52 Å². The van der Waals surface area contributed by atoms with Gasteiger partial charge in [-0.3, -0.25) is 0 Å². The maximum absolute atomic E-state index is 10.8. The molecule has 20 heavy (non-hydrogen) atoms. The van der Waals surface area contributed by atoms with Crippen molar-refractivity contribution in [2.24, 2.45) is 23.2 Å². The number of carboxylic acid groups (broad SMARTS) is 1. The van der Waals surface area contributed by atoms with Crippen molar-refractivity contribution in [1.29, 1.82) is 0 Å². The number of oxazole rings is 1. The van der Waals surface area contributed by atoms with Crippen molar-refractivity contribution in [2.45, 2.75) is 51.4 Å². The zero-order valence-corrected chi connectivity index (χ0v) is 11.7. The number of nitrogens with zero attached hydrogens (tertiary/aromatic N) is 1. The fourth-order valence-electron chi connectivity index (χ4n) is 5.49. The zero-order chi connectivity index (χ0) is 13.7. The Balaban J connectivity index is 1.45. The fraction of sp³-hybridized carbons (Fsp3) is 0.750. The van der Waals surface area contributed by atoms with E-state index < -0.39 is 5.97 Å². The first-order valence-corrected chi connectivity index (χ1v) is 7.80. The molecule has 1 aromatic rings. The summed E-state index contributed by atoms with van der Waals surface area (Å²) in [6, 6.07) is 0. The maximum atomic E-state index is 10.8. The quantitative estimate of drug-likeness (QED) is 0.913. The molecule has 0 atom stereocenters. The first kappa shape index (κ1) is 12.4. The lowest BCUT2D eigenvalue weighted by Gasteiger charge is -2.57. The van der Waals surface area contributed by atoms with Gasteiger partial charge in [0.2, 0.25) is 0 Å². The SMILES string of the molecule is O=C(O)c1coc(CCC23CC4CC(CC(C4)C2)C3)n1. The highest BCUT2D eigenvalue weighted by Gasteiger charge is 2.50. The predicted molar refractivity (Wildman–Crippen MR) is 72.4 cm³/mol. The summed E-state index contributed by atoms with van der Waals surface area (Å²) < 4.78 is 5.30. The maximum Gasteiger partial charge on any atom is 0.357 e. The average molecular weight is 275 g/mol. The number of aryl methyl sites for hydroxylation is 1. The molecule has 0 radical (unpaired) electrons. The van der Waals surface area contributed by atoms with Gasteiger partial charge in [0.25, 0.3) is 0 Å². The summed E-state index contributed by atoms with van der Waals surface area (Å²) in [4.78, 5) is 14.9. The van der Waals surface area contributed by atoms with Crippen molar-refractivity contribution >= 4 is 5.97 Å². The summed E-state index contributed by atoms with van der Waals surface area (Å²) in [5, 5.41) is 8.87. The van der Waals surface area contributed by atoms with Crippen molar-refractivity contribution in [3.8, 4) is 0 Å². The molecule has 0 amide bonds. The van der Waals surface area contributed by atoms with Crippen molar-refractivity contribution in [3.63, 3.8) is 0 Å². The van der Waals surface area contributed by atoms with Gasteiger partial charge < -0.3 is 9.52 Å². The lowest BCUT2D eigenvalue weighted by Crippen LogP contribution is -2.46. The summed E-state index contributed by atoms with van der Waals surface area (Å²) in [5.41, 5.74) is 0.539. The monoisotopic (exact) mass is 275 g/mol. The average Bonchev–Trinajstić information content (AvgIpc) is 2.84. The minimum absolute atomic E-state index is 0.0329. The number of hydrogen-bond acceptors (Lipinski definition) is 3. The van der Waals surface area contributed by atoms with E-state index in [1.807, 2.05) is 0 Å². The molecule has 1 heterocycles. The minimum Gasteiger partial charge on any atom is -0.476 e. The largest absolute Gasteiger partial charge is 0.476 e. The van der Waals surface area contributed by atoms with Gasteiger partial charge in [0, 0.05) is 6.42 Å². The van der Waals surface area contributed by atoms with Crippen LogP contribution in [0.1, 0.15) is 61.3 Å². The number of hydrogen-bond donors (Lipinski definition) is 1. The molecule has 1 aromatic heterocycles. The first-order chi connectivity index (χ1) is 9.62. The second-order valence-corrected chi connectivity index (χ2v) is 7.35. The molecule has 4 fully saturated rings. The highest BCUT2D eigenvalue weighted by molar-refractivity contribution is 5.84. The van der Waals surface area contributed by atoms with Gasteiger partial charge >= 0.3 is 5.97 Å². The molecular formula is C16H21NO3. The van der Waals surface area contributed by atoms with Crippen LogP contribution < -0.4 is 0 Å². The van der Waals surface area contributed by atoms with Crippen LogP contribution in [0, 0.1) is 23.2 Å². The Hall–Kier alpha value is -1.32. The summed E-state index contributed by atoms with van der Waals surface area (Å²) >= 11 is 0. The summed E-state index contributed by atoms with van der Waals surface area (Å²) in [5.74, 6) is 2.47. The number of aromatic nitrogens is 1. The number of carboxylic acids is 1. The van der Waals surface area contributed by atoms with Gasteiger partial charge in [-0.15, -0.1) is 0 Å². The molecule has 4 nitrogen and oxygen atoms in total. The third-order valence-corrected chi connectivity index (χ3v) is 5.81. The van der Waals surface area contributed by atoms with E-state index in [1.165, 1.54) is 44.8 Å². The molecule has 0 spiro atoms. The van der Waals surface area contributed by atoms with Crippen LogP contribution in [0.4, 0.5) is 0 Å². The Kier molecular flexibility index (Phi) is 2.69. The fourth-order valence-corrected chi connectivity index (χ4v) is 5.49. The smallest absolute Gasteiger partial charge is 0.357 e. The molecule has 0 aliphatic heterocycles. The lowest BCUT2D eigenvalue weighted by molar-refractivity contribution is -0.0576. The van der Waals surface area contributed by atoms with E-state index in [2.05, 4.69) is 4.98 Å². The number of rotatable bonds is 4. The molecule has 108 valence electrons. The van der Waals surface area contributed by atoms with E-state index in [9.17, 15) is 4.79 Å². The van der Waals surface area contributed by atoms with Crippen LogP contribution in [0.15, 0.2) is 10.7 Å².